The van der Waals surface area contributed by atoms with Crippen LogP contribution in [0.15, 0.2) is 36.0 Å². The summed E-state index contributed by atoms with van der Waals surface area (Å²) in [6, 6.07) is 0. The molecule has 0 aromatic rings. The number of nitrogens with one attached hydrogen (secondary N) is 1. The first-order chi connectivity index (χ1) is 5.79. The molecule has 12 heavy (non-hydrogen) atoms. The van der Waals surface area contributed by atoms with Crippen LogP contribution in [-0.4, -0.2) is 11.8 Å². The van der Waals surface area contributed by atoms with Gasteiger partial charge in [-0.3, -0.25) is 0 Å². The predicted octanol–water partition coefficient (Wildman–Crippen LogP) is 2.43. The van der Waals surface area contributed by atoms with E-state index in [2.05, 4.69) is 19.0 Å². The average Bonchev–Trinajstić information content (AvgIpc) is 2.11. The second-order valence-corrected chi connectivity index (χ2v) is 2.43. The Balaban J connectivity index is 4.45. The van der Waals surface area contributed by atoms with Crippen LogP contribution in [0.5, 0.6) is 0 Å². The Morgan fingerprint density at radius 1 is 1.50 bits per heavy atom. The van der Waals surface area contributed by atoms with Crippen LogP contribution >= 0.6 is 0 Å². The van der Waals surface area contributed by atoms with Crippen LogP contribution in [-0.2, 0) is 0 Å². The van der Waals surface area contributed by atoms with Crippen LogP contribution in [0.3, 0.4) is 0 Å². The molecule has 0 heterocycles. The molecule has 0 aromatic heterocycles. The lowest BCUT2D eigenvalue weighted by Crippen LogP contribution is -2.12. The van der Waals surface area contributed by atoms with Gasteiger partial charge in [0.15, 0.2) is 0 Å². The average molecular weight is 167 g/mol. The van der Waals surface area contributed by atoms with Gasteiger partial charge in [0.25, 0.3) is 0 Å². The lowest BCUT2D eigenvalue weighted by Gasteiger charge is -2.07. The summed E-state index contributed by atoms with van der Waals surface area (Å²) in [6.07, 6.45) is 6.67. The van der Waals surface area contributed by atoms with E-state index in [1.54, 1.807) is 6.08 Å². The van der Waals surface area contributed by atoms with Crippen molar-refractivity contribution >= 4 is 0 Å². The molecule has 0 aromatic carbocycles. The van der Waals surface area contributed by atoms with Crippen molar-refractivity contribution in [2.45, 2.75) is 20.3 Å². The molecule has 0 unspecified atom stereocenters. The van der Waals surface area contributed by atoms with Crippen LogP contribution in [0.25, 0.3) is 0 Å². The third-order valence-corrected chi connectivity index (χ3v) is 1.73. The fraction of sp³-hybridized carbons (Fsp3) is 0.400. The Labute approximate surface area is 74.3 Å². The van der Waals surface area contributed by atoms with E-state index in [0.717, 1.165) is 12.0 Å². The van der Waals surface area contributed by atoms with Gasteiger partial charge in [0.05, 0.1) is 0 Å². The lowest BCUT2D eigenvalue weighted by molar-refractivity contribution is 0.177. The van der Waals surface area contributed by atoms with Gasteiger partial charge >= 0.3 is 0 Å². The molecule has 2 nitrogen and oxygen atoms in total. The van der Waals surface area contributed by atoms with Crippen molar-refractivity contribution in [3.63, 3.8) is 0 Å². The van der Waals surface area contributed by atoms with Crippen molar-refractivity contribution in [3.05, 3.63) is 36.0 Å². The molecular formula is C10H17NO. The van der Waals surface area contributed by atoms with Crippen molar-refractivity contribution < 1.29 is 5.21 Å². The zero-order valence-corrected chi connectivity index (χ0v) is 7.80. The first-order valence-electron chi connectivity index (χ1n) is 4.14. The highest BCUT2D eigenvalue weighted by Crippen LogP contribution is 2.12. The van der Waals surface area contributed by atoms with Crippen LogP contribution in [0.1, 0.15) is 20.3 Å². The molecule has 0 rings (SSSR count). The minimum absolute atomic E-state index is 0.490. The summed E-state index contributed by atoms with van der Waals surface area (Å²) in [5.41, 5.74) is 4.46. The maximum Gasteiger partial charge on any atom is 0.0457 e. The summed E-state index contributed by atoms with van der Waals surface area (Å²) in [5.74, 6) is 0. The molecule has 2 heteroatoms. The maximum atomic E-state index is 8.54. The van der Waals surface area contributed by atoms with Gasteiger partial charge in [0, 0.05) is 6.54 Å². The molecule has 0 amide bonds. The third kappa shape index (κ3) is 3.51. The summed E-state index contributed by atoms with van der Waals surface area (Å²) >= 11 is 0. The van der Waals surface area contributed by atoms with Gasteiger partial charge < -0.3 is 5.21 Å². The summed E-state index contributed by atoms with van der Waals surface area (Å²) in [4.78, 5) is 0. The molecule has 0 radical (unpaired) electrons. The normalized spacial score (nSPS) is 13.2. The molecule has 0 spiro atoms. The molecule has 0 fully saturated rings. The van der Waals surface area contributed by atoms with E-state index >= 15 is 0 Å². The number of hydrogen-bond acceptors (Lipinski definition) is 2. The highest BCUT2D eigenvalue weighted by molar-refractivity contribution is 5.33. The number of allylic oxidation sites excluding steroid dienone is 3. The number of rotatable bonds is 5. The van der Waals surface area contributed by atoms with E-state index in [0.29, 0.717) is 6.54 Å². The fourth-order valence-corrected chi connectivity index (χ4v) is 1.08. The lowest BCUT2D eigenvalue weighted by atomic mass is 10.0. The van der Waals surface area contributed by atoms with Gasteiger partial charge in [-0.05, 0) is 24.5 Å². The second kappa shape index (κ2) is 6.83. The van der Waals surface area contributed by atoms with E-state index in [-0.39, 0.29) is 0 Å². The Bertz CT molecular complexity index is 192. The van der Waals surface area contributed by atoms with E-state index in [1.165, 1.54) is 5.57 Å². The van der Waals surface area contributed by atoms with Crippen LogP contribution in [0.4, 0.5) is 0 Å². The first kappa shape index (κ1) is 11.1. The minimum atomic E-state index is 0.490. The van der Waals surface area contributed by atoms with Crippen LogP contribution in [0.2, 0.25) is 0 Å². The number of hydroxylamine groups is 1. The molecule has 0 saturated carbocycles. The highest BCUT2D eigenvalue weighted by Gasteiger charge is 1.99. The van der Waals surface area contributed by atoms with Crippen molar-refractivity contribution in [2.75, 3.05) is 6.54 Å². The molecule has 0 aliphatic carbocycles. The van der Waals surface area contributed by atoms with Gasteiger partial charge in [-0.2, -0.15) is 0 Å². The topological polar surface area (TPSA) is 32.3 Å². The van der Waals surface area contributed by atoms with E-state index in [9.17, 15) is 0 Å². The van der Waals surface area contributed by atoms with Crippen molar-refractivity contribution in [1.82, 2.24) is 5.48 Å². The fourth-order valence-electron chi connectivity index (χ4n) is 1.08. The van der Waals surface area contributed by atoms with Gasteiger partial charge in [-0.15, -0.1) is 0 Å². The maximum absolute atomic E-state index is 8.54. The molecule has 68 valence electrons. The molecular weight excluding hydrogens is 150 g/mol. The molecule has 0 saturated heterocycles. The molecule has 2 N–H and O–H groups in total. The van der Waals surface area contributed by atoms with E-state index < -0.39 is 0 Å². The predicted molar refractivity (Wildman–Crippen MR) is 52.1 cm³/mol. The third-order valence-electron chi connectivity index (χ3n) is 1.73. The summed E-state index contributed by atoms with van der Waals surface area (Å²) < 4.78 is 0. The smallest absolute Gasteiger partial charge is 0.0457 e. The highest BCUT2D eigenvalue weighted by atomic mass is 16.5. The van der Waals surface area contributed by atoms with Crippen molar-refractivity contribution in [1.29, 1.82) is 0 Å². The Morgan fingerprint density at radius 3 is 2.50 bits per heavy atom. The minimum Gasteiger partial charge on any atom is -0.316 e. The summed E-state index contributed by atoms with van der Waals surface area (Å²) in [6.45, 7) is 8.17. The van der Waals surface area contributed by atoms with Crippen LogP contribution < -0.4 is 5.48 Å². The first-order valence-corrected chi connectivity index (χ1v) is 4.14. The number of hydrogen-bond donors (Lipinski definition) is 2. The largest absolute Gasteiger partial charge is 0.316 e. The van der Waals surface area contributed by atoms with Gasteiger partial charge in [0.2, 0.25) is 0 Å². The zero-order valence-electron chi connectivity index (χ0n) is 7.80. The van der Waals surface area contributed by atoms with E-state index in [1.807, 2.05) is 19.1 Å². The summed E-state index contributed by atoms with van der Waals surface area (Å²) in [7, 11) is 0. The van der Waals surface area contributed by atoms with Gasteiger partial charge in [0.1, 0.15) is 0 Å². The molecule has 0 atom stereocenters. The van der Waals surface area contributed by atoms with Crippen molar-refractivity contribution in [3.8, 4) is 0 Å². The Hall–Kier alpha value is -0.860. The summed E-state index contributed by atoms with van der Waals surface area (Å²) in [5, 5.41) is 8.54. The SMILES string of the molecule is C=C/C=C(CC)\C(=C/C)CNO. The molecule has 0 bridgehead atoms. The molecule has 0 aliphatic heterocycles. The zero-order chi connectivity index (χ0) is 9.40. The monoisotopic (exact) mass is 167 g/mol. The quantitative estimate of drug-likeness (QED) is 0.487. The van der Waals surface area contributed by atoms with Crippen LogP contribution in [0, 0.1) is 0 Å². The standard InChI is InChI=1S/C10H17NO/c1-4-7-9(5-2)10(6-3)8-11-12/h4,6-7,11-12H,1,5,8H2,2-3H3/b9-7-,10-6-. The Kier molecular flexibility index (Phi) is 6.34. The van der Waals surface area contributed by atoms with Gasteiger partial charge in [-0.25, -0.2) is 5.48 Å². The second-order valence-electron chi connectivity index (χ2n) is 2.43. The van der Waals surface area contributed by atoms with Crippen molar-refractivity contribution in [2.24, 2.45) is 0 Å². The van der Waals surface area contributed by atoms with Gasteiger partial charge in [-0.1, -0.05) is 31.7 Å². The molecule has 0 aliphatic rings. The Morgan fingerprint density at radius 2 is 2.17 bits per heavy atom. The van der Waals surface area contributed by atoms with E-state index in [4.69, 9.17) is 5.21 Å².